The Kier molecular flexibility index (Phi) is 3.31. The number of furan rings is 1. The van der Waals surface area contributed by atoms with Gasteiger partial charge in [-0.05, 0) is 37.6 Å². The Bertz CT molecular complexity index is 479. The van der Waals surface area contributed by atoms with E-state index < -0.39 is 0 Å². The first kappa shape index (κ1) is 11.2. The third-order valence-electron chi connectivity index (χ3n) is 2.31. The number of hydrogen-bond acceptors (Lipinski definition) is 4. The average Bonchev–Trinajstić information content (AvgIpc) is 2.65. The van der Waals surface area contributed by atoms with Crippen LogP contribution in [0.1, 0.15) is 24.3 Å². The summed E-state index contributed by atoms with van der Waals surface area (Å²) in [6.45, 7) is 3.91. The molecule has 0 saturated carbocycles. The highest BCUT2D eigenvalue weighted by molar-refractivity contribution is 7.99. The van der Waals surface area contributed by atoms with Gasteiger partial charge in [0.05, 0.1) is 11.2 Å². The molecule has 0 amide bonds. The molecule has 2 heterocycles. The standard InChI is InChI=1S/C12H14N2OS/c1-8(13)10-3-5-14-12(7-10)16-11-4-6-15-9(11)2/h3-8H,13H2,1-2H3/t8-/m0/s1. The number of hydrogen-bond donors (Lipinski definition) is 1. The van der Waals surface area contributed by atoms with E-state index in [0.717, 1.165) is 21.2 Å². The summed E-state index contributed by atoms with van der Waals surface area (Å²) in [5.74, 6) is 0.915. The van der Waals surface area contributed by atoms with Crippen LogP contribution in [0, 0.1) is 6.92 Å². The summed E-state index contributed by atoms with van der Waals surface area (Å²) in [7, 11) is 0. The maximum Gasteiger partial charge on any atom is 0.114 e. The van der Waals surface area contributed by atoms with Crippen molar-refractivity contribution in [2.75, 3.05) is 0 Å². The number of rotatable bonds is 3. The molecule has 2 rings (SSSR count). The van der Waals surface area contributed by atoms with Crippen molar-refractivity contribution in [3.63, 3.8) is 0 Å². The van der Waals surface area contributed by atoms with Crippen molar-refractivity contribution in [1.82, 2.24) is 4.98 Å². The summed E-state index contributed by atoms with van der Waals surface area (Å²) in [5.41, 5.74) is 6.93. The van der Waals surface area contributed by atoms with E-state index in [0.29, 0.717) is 0 Å². The van der Waals surface area contributed by atoms with Crippen LogP contribution in [0.3, 0.4) is 0 Å². The van der Waals surface area contributed by atoms with E-state index in [-0.39, 0.29) is 6.04 Å². The Morgan fingerprint density at radius 2 is 2.25 bits per heavy atom. The second-order valence-electron chi connectivity index (χ2n) is 3.66. The largest absolute Gasteiger partial charge is 0.468 e. The van der Waals surface area contributed by atoms with Crippen molar-refractivity contribution in [2.45, 2.75) is 29.8 Å². The van der Waals surface area contributed by atoms with Gasteiger partial charge in [-0.25, -0.2) is 4.98 Å². The molecule has 2 N–H and O–H groups in total. The second kappa shape index (κ2) is 4.72. The fourth-order valence-corrected chi connectivity index (χ4v) is 2.20. The molecule has 0 spiro atoms. The average molecular weight is 234 g/mol. The molecule has 0 bridgehead atoms. The van der Waals surface area contributed by atoms with Crippen molar-refractivity contribution in [3.8, 4) is 0 Å². The Labute approximate surface area is 99.1 Å². The predicted molar refractivity (Wildman–Crippen MR) is 64.4 cm³/mol. The lowest BCUT2D eigenvalue weighted by Crippen LogP contribution is -2.04. The van der Waals surface area contributed by atoms with Crippen LogP contribution in [0.2, 0.25) is 0 Å². The molecule has 1 atom stereocenters. The highest BCUT2D eigenvalue weighted by Crippen LogP contribution is 2.30. The number of aryl methyl sites for hydroxylation is 1. The summed E-state index contributed by atoms with van der Waals surface area (Å²) in [5, 5.41) is 0.944. The van der Waals surface area contributed by atoms with Gasteiger partial charge < -0.3 is 10.2 Å². The Morgan fingerprint density at radius 3 is 2.88 bits per heavy atom. The van der Waals surface area contributed by atoms with Crippen LogP contribution in [0.5, 0.6) is 0 Å². The van der Waals surface area contributed by atoms with E-state index in [4.69, 9.17) is 10.2 Å². The first-order valence-electron chi connectivity index (χ1n) is 5.10. The van der Waals surface area contributed by atoms with Crippen LogP contribution in [-0.4, -0.2) is 4.98 Å². The quantitative estimate of drug-likeness (QED) is 0.886. The van der Waals surface area contributed by atoms with Gasteiger partial charge in [-0.1, -0.05) is 11.8 Å². The summed E-state index contributed by atoms with van der Waals surface area (Å²) in [6.07, 6.45) is 3.48. The molecule has 0 unspecified atom stereocenters. The molecule has 2 aromatic heterocycles. The maximum absolute atomic E-state index is 5.83. The van der Waals surface area contributed by atoms with Gasteiger partial charge in [0.2, 0.25) is 0 Å². The molecule has 0 aliphatic heterocycles. The highest BCUT2D eigenvalue weighted by Gasteiger charge is 2.06. The Balaban J connectivity index is 2.22. The van der Waals surface area contributed by atoms with Crippen molar-refractivity contribution < 1.29 is 4.42 Å². The molecule has 0 aromatic carbocycles. The van der Waals surface area contributed by atoms with E-state index in [9.17, 15) is 0 Å². The van der Waals surface area contributed by atoms with Crippen LogP contribution in [0.15, 0.2) is 45.0 Å². The fourth-order valence-electron chi connectivity index (χ4n) is 1.36. The number of pyridine rings is 1. The van der Waals surface area contributed by atoms with Gasteiger partial charge in [0, 0.05) is 12.2 Å². The maximum atomic E-state index is 5.83. The minimum Gasteiger partial charge on any atom is -0.468 e. The summed E-state index contributed by atoms with van der Waals surface area (Å²) in [6, 6.07) is 5.94. The van der Waals surface area contributed by atoms with Crippen molar-refractivity contribution >= 4 is 11.8 Å². The van der Waals surface area contributed by atoms with E-state index >= 15 is 0 Å². The lowest BCUT2D eigenvalue weighted by molar-refractivity contribution is 0.527. The van der Waals surface area contributed by atoms with Crippen molar-refractivity contribution in [1.29, 1.82) is 0 Å². The summed E-state index contributed by atoms with van der Waals surface area (Å²) in [4.78, 5) is 5.40. The summed E-state index contributed by atoms with van der Waals surface area (Å²) >= 11 is 1.59. The lowest BCUT2D eigenvalue weighted by atomic mass is 10.1. The number of aromatic nitrogens is 1. The zero-order valence-corrected chi connectivity index (χ0v) is 10.1. The minimum atomic E-state index is 0.0350. The molecular formula is C12H14N2OS. The molecule has 84 valence electrons. The first-order chi connectivity index (χ1) is 7.66. The van der Waals surface area contributed by atoms with Gasteiger partial charge in [-0.3, -0.25) is 0 Å². The van der Waals surface area contributed by atoms with Gasteiger partial charge in [0.15, 0.2) is 0 Å². The van der Waals surface area contributed by atoms with Gasteiger partial charge in [-0.2, -0.15) is 0 Å². The van der Waals surface area contributed by atoms with Gasteiger partial charge in [-0.15, -0.1) is 0 Å². The smallest absolute Gasteiger partial charge is 0.114 e. The Morgan fingerprint density at radius 1 is 1.44 bits per heavy atom. The molecule has 16 heavy (non-hydrogen) atoms. The lowest BCUT2D eigenvalue weighted by Gasteiger charge is -2.06. The highest BCUT2D eigenvalue weighted by atomic mass is 32.2. The monoisotopic (exact) mass is 234 g/mol. The fraction of sp³-hybridized carbons (Fsp3) is 0.250. The Hall–Kier alpha value is -1.26. The zero-order valence-electron chi connectivity index (χ0n) is 9.31. The van der Waals surface area contributed by atoms with E-state index in [1.54, 1.807) is 24.2 Å². The molecule has 2 aromatic rings. The minimum absolute atomic E-state index is 0.0350. The molecule has 3 nitrogen and oxygen atoms in total. The van der Waals surface area contributed by atoms with Gasteiger partial charge in [0.1, 0.15) is 10.8 Å². The third kappa shape index (κ3) is 2.46. The van der Waals surface area contributed by atoms with Crippen LogP contribution in [-0.2, 0) is 0 Å². The zero-order chi connectivity index (χ0) is 11.5. The molecular weight excluding hydrogens is 220 g/mol. The van der Waals surface area contributed by atoms with Gasteiger partial charge >= 0.3 is 0 Å². The van der Waals surface area contributed by atoms with E-state index in [1.165, 1.54) is 0 Å². The first-order valence-corrected chi connectivity index (χ1v) is 5.92. The SMILES string of the molecule is Cc1occc1Sc1cc([C@H](C)N)ccn1. The molecule has 0 aliphatic carbocycles. The van der Waals surface area contributed by atoms with Crippen molar-refractivity contribution in [3.05, 3.63) is 42.0 Å². The summed E-state index contributed by atoms with van der Waals surface area (Å²) < 4.78 is 5.24. The number of nitrogens with zero attached hydrogens (tertiary/aromatic N) is 1. The molecule has 4 heteroatoms. The van der Waals surface area contributed by atoms with E-state index in [1.807, 2.05) is 32.0 Å². The van der Waals surface area contributed by atoms with Crippen LogP contribution < -0.4 is 5.73 Å². The van der Waals surface area contributed by atoms with Crippen LogP contribution in [0.25, 0.3) is 0 Å². The molecule has 0 fully saturated rings. The third-order valence-corrected chi connectivity index (χ3v) is 3.39. The normalized spacial score (nSPS) is 12.7. The molecule has 0 saturated heterocycles. The number of nitrogens with two attached hydrogens (primary N) is 1. The topological polar surface area (TPSA) is 52.0 Å². The van der Waals surface area contributed by atoms with Crippen LogP contribution in [0.4, 0.5) is 0 Å². The second-order valence-corrected chi connectivity index (χ2v) is 4.72. The van der Waals surface area contributed by atoms with Crippen molar-refractivity contribution in [2.24, 2.45) is 5.73 Å². The van der Waals surface area contributed by atoms with E-state index in [2.05, 4.69) is 4.98 Å². The molecule has 0 radical (unpaired) electrons. The van der Waals surface area contributed by atoms with Crippen LogP contribution >= 0.6 is 11.8 Å². The predicted octanol–water partition coefficient (Wildman–Crippen LogP) is 3.15. The molecule has 0 aliphatic rings. The van der Waals surface area contributed by atoms with Gasteiger partial charge in [0.25, 0.3) is 0 Å².